The lowest BCUT2D eigenvalue weighted by Gasteiger charge is -2.26. The second kappa shape index (κ2) is 5.99. The molecular weight excluding hydrogens is 208 g/mol. The van der Waals surface area contributed by atoms with Gasteiger partial charge in [-0.3, -0.25) is 4.90 Å². The minimum Gasteiger partial charge on any atom is -0.314 e. The van der Waals surface area contributed by atoms with E-state index < -0.39 is 0 Å². The highest BCUT2D eigenvalue weighted by atomic mass is 15.2. The molecule has 0 spiro atoms. The van der Waals surface area contributed by atoms with E-state index >= 15 is 0 Å². The number of nitrogens with zero attached hydrogens (tertiary/aromatic N) is 1. The summed E-state index contributed by atoms with van der Waals surface area (Å²) in [5.41, 5.74) is 4.13. The Morgan fingerprint density at radius 2 is 2.00 bits per heavy atom. The van der Waals surface area contributed by atoms with E-state index in [2.05, 4.69) is 54.4 Å². The van der Waals surface area contributed by atoms with Crippen molar-refractivity contribution < 1.29 is 0 Å². The van der Waals surface area contributed by atoms with Crippen LogP contribution in [0.3, 0.4) is 0 Å². The van der Waals surface area contributed by atoms with Crippen molar-refractivity contribution in [3.8, 4) is 0 Å². The maximum absolute atomic E-state index is 3.38. The van der Waals surface area contributed by atoms with E-state index in [0.717, 1.165) is 32.7 Å². The first kappa shape index (κ1) is 12.3. The molecule has 2 rings (SSSR count). The predicted molar refractivity (Wildman–Crippen MR) is 74.1 cm³/mol. The average Bonchev–Trinajstić information content (AvgIpc) is 2.38. The molecule has 1 aromatic rings. The molecule has 0 saturated carbocycles. The Morgan fingerprint density at radius 3 is 2.71 bits per heavy atom. The summed E-state index contributed by atoms with van der Waals surface area (Å²) >= 11 is 0. The number of nitrogens with one attached hydrogen (secondary N) is 1. The van der Waals surface area contributed by atoms with Gasteiger partial charge in [-0.2, -0.15) is 0 Å². The summed E-state index contributed by atoms with van der Waals surface area (Å²) in [7, 11) is 0. The molecule has 0 aliphatic carbocycles. The third-order valence-electron chi connectivity index (χ3n) is 3.44. The molecule has 2 heteroatoms. The third kappa shape index (κ3) is 3.42. The molecule has 0 atom stereocenters. The molecule has 17 heavy (non-hydrogen) atoms. The summed E-state index contributed by atoms with van der Waals surface area (Å²) < 4.78 is 0. The van der Waals surface area contributed by atoms with Gasteiger partial charge in [-0.05, 0) is 30.5 Å². The second-order valence-electron chi connectivity index (χ2n) is 4.75. The summed E-state index contributed by atoms with van der Waals surface area (Å²) in [5.74, 6) is 0. The average molecular weight is 230 g/mol. The van der Waals surface area contributed by atoms with Gasteiger partial charge < -0.3 is 5.32 Å². The molecule has 1 aromatic carbocycles. The summed E-state index contributed by atoms with van der Waals surface area (Å²) in [6.45, 7) is 10.0. The molecule has 0 radical (unpaired) electrons. The normalized spacial score (nSPS) is 18.4. The van der Waals surface area contributed by atoms with E-state index in [4.69, 9.17) is 0 Å². The molecule has 0 aromatic heterocycles. The molecule has 0 amide bonds. The number of benzene rings is 1. The molecule has 92 valence electrons. The van der Waals surface area contributed by atoms with Crippen molar-refractivity contribution in [2.45, 2.75) is 13.8 Å². The van der Waals surface area contributed by atoms with Crippen molar-refractivity contribution in [2.24, 2.45) is 0 Å². The SMILES string of the molecule is CC(=CCN1CCNCC1)c1ccccc1C. The van der Waals surface area contributed by atoms with Crippen LogP contribution in [-0.2, 0) is 0 Å². The van der Waals surface area contributed by atoms with Gasteiger partial charge in [0.25, 0.3) is 0 Å². The number of aryl methyl sites for hydroxylation is 1. The highest BCUT2D eigenvalue weighted by molar-refractivity contribution is 5.66. The van der Waals surface area contributed by atoms with Gasteiger partial charge >= 0.3 is 0 Å². The van der Waals surface area contributed by atoms with E-state index in [1.807, 2.05) is 0 Å². The fourth-order valence-corrected chi connectivity index (χ4v) is 2.29. The van der Waals surface area contributed by atoms with Crippen LogP contribution < -0.4 is 5.32 Å². The first-order valence-electron chi connectivity index (χ1n) is 6.43. The number of allylic oxidation sites excluding steroid dienone is 1. The van der Waals surface area contributed by atoms with Gasteiger partial charge in [-0.1, -0.05) is 30.3 Å². The van der Waals surface area contributed by atoms with Crippen molar-refractivity contribution >= 4 is 5.57 Å². The standard InChI is InChI=1S/C15H22N2/c1-13-5-3-4-6-15(13)14(2)7-10-17-11-8-16-9-12-17/h3-7,16H,8-12H2,1-2H3. The van der Waals surface area contributed by atoms with Crippen LogP contribution in [0.2, 0.25) is 0 Å². The lowest BCUT2D eigenvalue weighted by molar-refractivity contribution is 0.265. The molecule has 1 N–H and O–H groups in total. The maximum atomic E-state index is 3.38. The Bertz CT molecular complexity index is 390. The van der Waals surface area contributed by atoms with Gasteiger partial charge in [-0.15, -0.1) is 0 Å². The summed E-state index contributed by atoms with van der Waals surface area (Å²) in [5, 5.41) is 3.38. The zero-order valence-electron chi connectivity index (χ0n) is 10.9. The summed E-state index contributed by atoms with van der Waals surface area (Å²) in [6.07, 6.45) is 2.35. The monoisotopic (exact) mass is 230 g/mol. The van der Waals surface area contributed by atoms with Gasteiger partial charge in [0.2, 0.25) is 0 Å². The number of piperazine rings is 1. The number of hydrogen-bond acceptors (Lipinski definition) is 2. The summed E-state index contributed by atoms with van der Waals surface area (Å²) in [4.78, 5) is 2.50. The van der Waals surface area contributed by atoms with Gasteiger partial charge in [0.1, 0.15) is 0 Å². The van der Waals surface area contributed by atoms with E-state index in [9.17, 15) is 0 Å². The second-order valence-corrected chi connectivity index (χ2v) is 4.75. The van der Waals surface area contributed by atoms with Crippen LogP contribution >= 0.6 is 0 Å². The van der Waals surface area contributed by atoms with E-state index in [1.54, 1.807) is 0 Å². The van der Waals surface area contributed by atoms with Crippen molar-refractivity contribution in [3.05, 3.63) is 41.5 Å². The Balaban J connectivity index is 1.99. The van der Waals surface area contributed by atoms with Crippen LogP contribution in [-0.4, -0.2) is 37.6 Å². The first-order valence-corrected chi connectivity index (χ1v) is 6.43. The Morgan fingerprint density at radius 1 is 1.29 bits per heavy atom. The fourth-order valence-electron chi connectivity index (χ4n) is 2.29. The molecule has 1 aliphatic rings. The Hall–Kier alpha value is -1.12. The summed E-state index contributed by atoms with van der Waals surface area (Å²) in [6, 6.07) is 8.60. The number of hydrogen-bond donors (Lipinski definition) is 1. The van der Waals surface area contributed by atoms with Gasteiger partial charge in [0, 0.05) is 32.7 Å². The third-order valence-corrected chi connectivity index (χ3v) is 3.44. The van der Waals surface area contributed by atoms with Gasteiger partial charge in [0.05, 0.1) is 0 Å². The van der Waals surface area contributed by atoms with E-state index in [1.165, 1.54) is 16.7 Å². The topological polar surface area (TPSA) is 15.3 Å². The van der Waals surface area contributed by atoms with Crippen LogP contribution in [0.25, 0.3) is 5.57 Å². The maximum Gasteiger partial charge on any atom is 0.0170 e. The van der Waals surface area contributed by atoms with E-state index in [-0.39, 0.29) is 0 Å². The van der Waals surface area contributed by atoms with Crippen LogP contribution in [0.1, 0.15) is 18.1 Å². The highest BCUT2D eigenvalue weighted by Gasteiger charge is 2.07. The lowest BCUT2D eigenvalue weighted by atomic mass is 10.0. The fraction of sp³-hybridized carbons (Fsp3) is 0.467. The van der Waals surface area contributed by atoms with Crippen molar-refractivity contribution in [1.82, 2.24) is 10.2 Å². The quantitative estimate of drug-likeness (QED) is 0.857. The largest absolute Gasteiger partial charge is 0.314 e. The predicted octanol–water partition coefficient (Wildman–Crippen LogP) is 2.30. The first-order chi connectivity index (χ1) is 8.27. The smallest absolute Gasteiger partial charge is 0.0170 e. The molecule has 0 bridgehead atoms. The molecule has 1 saturated heterocycles. The molecule has 1 aliphatic heterocycles. The van der Waals surface area contributed by atoms with E-state index in [0.29, 0.717) is 0 Å². The molecule has 0 unspecified atom stereocenters. The van der Waals surface area contributed by atoms with Gasteiger partial charge in [0.15, 0.2) is 0 Å². The zero-order valence-corrected chi connectivity index (χ0v) is 10.9. The van der Waals surface area contributed by atoms with Crippen LogP contribution in [0, 0.1) is 6.92 Å². The van der Waals surface area contributed by atoms with Gasteiger partial charge in [-0.25, -0.2) is 0 Å². The van der Waals surface area contributed by atoms with Crippen molar-refractivity contribution in [1.29, 1.82) is 0 Å². The Labute approximate surface area is 104 Å². The molecular formula is C15H22N2. The zero-order chi connectivity index (χ0) is 12.1. The highest BCUT2D eigenvalue weighted by Crippen LogP contribution is 2.17. The van der Waals surface area contributed by atoms with Crippen LogP contribution in [0.15, 0.2) is 30.3 Å². The van der Waals surface area contributed by atoms with Crippen molar-refractivity contribution in [2.75, 3.05) is 32.7 Å². The van der Waals surface area contributed by atoms with Crippen LogP contribution in [0.4, 0.5) is 0 Å². The lowest BCUT2D eigenvalue weighted by Crippen LogP contribution is -2.43. The molecule has 1 fully saturated rings. The van der Waals surface area contributed by atoms with Crippen molar-refractivity contribution in [3.63, 3.8) is 0 Å². The van der Waals surface area contributed by atoms with Crippen LogP contribution in [0.5, 0.6) is 0 Å². The minimum absolute atomic E-state index is 1.07. The Kier molecular flexibility index (Phi) is 4.35. The number of rotatable bonds is 3. The minimum atomic E-state index is 1.07. The molecule has 1 heterocycles. The molecule has 2 nitrogen and oxygen atoms in total.